The summed E-state index contributed by atoms with van der Waals surface area (Å²) in [6, 6.07) is 11.3. The number of benzene rings is 2. The quantitative estimate of drug-likeness (QED) is 0.451. The summed E-state index contributed by atoms with van der Waals surface area (Å²) in [7, 11) is 0. The number of aromatic nitrogens is 1. The molecular formula is C17H13N3O3. The minimum Gasteiger partial charge on any atom is -0.507 e. The molecule has 0 radical (unpaired) electrons. The Bertz CT molecular complexity index is 918. The van der Waals surface area contributed by atoms with Crippen LogP contribution < -0.4 is 0 Å². The Hall–Kier alpha value is -3.28. The molecular weight excluding hydrogens is 294 g/mol. The summed E-state index contributed by atoms with van der Waals surface area (Å²) >= 11 is 0. The molecule has 3 aromatic rings. The van der Waals surface area contributed by atoms with Crippen LogP contribution in [0.15, 0.2) is 53.7 Å². The molecule has 0 atom stereocenters. The lowest BCUT2D eigenvalue weighted by molar-refractivity contribution is -0.384. The lowest BCUT2D eigenvalue weighted by atomic mass is 10.0. The molecule has 0 fully saturated rings. The first-order valence-corrected chi connectivity index (χ1v) is 6.91. The average molecular weight is 307 g/mol. The maximum Gasteiger partial charge on any atom is 0.270 e. The third kappa shape index (κ3) is 3.01. The molecule has 0 spiro atoms. The number of fused-ring (bicyclic) bond motifs is 1. The van der Waals surface area contributed by atoms with Gasteiger partial charge in [-0.3, -0.25) is 10.1 Å². The molecule has 0 saturated heterocycles. The molecule has 3 rings (SSSR count). The van der Waals surface area contributed by atoms with E-state index in [1.807, 2.05) is 13.0 Å². The van der Waals surface area contributed by atoms with Crippen molar-refractivity contribution in [2.45, 2.75) is 6.92 Å². The van der Waals surface area contributed by atoms with Crippen LogP contribution in [0.25, 0.3) is 10.8 Å². The fourth-order valence-corrected chi connectivity index (χ4v) is 2.25. The Kier molecular flexibility index (Phi) is 3.72. The van der Waals surface area contributed by atoms with Crippen molar-refractivity contribution in [2.75, 3.05) is 0 Å². The molecule has 0 unspecified atom stereocenters. The van der Waals surface area contributed by atoms with Crippen LogP contribution in [0.2, 0.25) is 0 Å². The number of nitrogens with zero attached hydrogens (tertiary/aromatic N) is 3. The predicted molar refractivity (Wildman–Crippen MR) is 88.5 cm³/mol. The molecule has 114 valence electrons. The molecule has 1 N–H and O–H groups in total. The Labute approximate surface area is 131 Å². The molecule has 2 aromatic carbocycles. The van der Waals surface area contributed by atoms with Gasteiger partial charge in [0.1, 0.15) is 5.75 Å². The molecule has 1 heterocycles. The van der Waals surface area contributed by atoms with Gasteiger partial charge in [0, 0.05) is 30.1 Å². The van der Waals surface area contributed by atoms with Crippen molar-refractivity contribution in [2.24, 2.45) is 4.99 Å². The first-order valence-electron chi connectivity index (χ1n) is 6.91. The molecule has 0 aliphatic carbocycles. The number of aryl methyl sites for hydroxylation is 1. The second kappa shape index (κ2) is 5.84. The zero-order valence-corrected chi connectivity index (χ0v) is 12.3. The first-order chi connectivity index (χ1) is 11.0. The van der Waals surface area contributed by atoms with Crippen molar-refractivity contribution in [3.8, 4) is 5.75 Å². The number of hydrogen-bond acceptors (Lipinski definition) is 5. The van der Waals surface area contributed by atoms with Crippen molar-refractivity contribution in [3.05, 3.63) is 69.9 Å². The van der Waals surface area contributed by atoms with Gasteiger partial charge in [-0.2, -0.15) is 0 Å². The highest BCUT2D eigenvalue weighted by atomic mass is 16.6. The second-order valence-corrected chi connectivity index (χ2v) is 5.11. The summed E-state index contributed by atoms with van der Waals surface area (Å²) in [4.78, 5) is 18.8. The number of aliphatic imine (C=N–C) groups is 1. The van der Waals surface area contributed by atoms with Crippen LogP contribution in [0.1, 0.15) is 11.1 Å². The Morgan fingerprint density at radius 1 is 1.22 bits per heavy atom. The van der Waals surface area contributed by atoms with Gasteiger partial charge >= 0.3 is 0 Å². The lowest BCUT2D eigenvalue weighted by Gasteiger charge is -2.05. The maximum atomic E-state index is 10.9. The van der Waals surface area contributed by atoms with Gasteiger partial charge in [0.05, 0.1) is 4.92 Å². The van der Waals surface area contributed by atoms with Crippen molar-refractivity contribution in [3.63, 3.8) is 0 Å². The highest BCUT2D eigenvalue weighted by molar-refractivity contribution is 6.03. The molecule has 6 heteroatoms. The van der Waals surface area contributed by atoms with Crippen LogP contribution >= 0.6 is 0 Å². The number of phenolic OH excluding ortho intramolecular Hbond substituents is 1. The first kappa shape index (κ1) is 14.6. The largest absolute Gasteiger partial charge is 0.507 e. The van der Waals surface area contributed by atoms with Gasteiger partial charge in [-0.15, -0.1) is 0 Å². The fraction of sp³-hybridized carbons (Fsp3) is 0.0588. The van der Waals surface area contributed by atoms with Gasteiger partial charge in [0.15, 0.2) is 5.82 Å². The number of phenols is 1. The Balaban J connectivity index is 2.07. The summed E-state index contributed by atoms with van der Waals surface area (Å²) in [6.45, 7) is 1.93. The molecule has 0 aliphatic rings. The van der Waals surface area contributed by atoms with Crippen LogP contribution in [0.3, 0.4) is 0 Å². The van der Waals surface area contributed by atoms with Gasteiger partial charge in [-0.25, -0.2) is 9.98 Å². The van der Waals surface area contributed by atoms with E-state index in [0.29, 0.717) is 22.2 Å². The SMILES string of the molecule is Cc1ccc(N=Cc2c(O)ccc3cc([N+](=O)[O-])ccc23)nc1. The van der Waals surface area contributed by atoms with E-state index in [0.717, 1.165) is 5.56 Å². The van der Waals surface area contributed by atoms with Gasteiger partial charge in [0.2, 0.25) is 0 Å². The van der Waals surface area contributed by atoms with E-state index >= 15 is 0 Å². The van der Waals surface area contributed by atoms with E-state index in [-0.39, 0.29) is 11.4 Å². The lowest BCUT2D eigenvalue weighted by Crippen LogP contribution is -1.90. The predicted octanol–water partition coefficient (Wildman–Crippen LogP) is 3.91. The summed E-state index contributed by atoms with van der Waals surface area (Å²) in [5.74, 6) is 0.580. The van der Waals surface area contributed by atoms with Crippen molar-refractivity contribution in [1.29, 1.82) is 0 Å². The van der Waals surface area contributed by atoms with Crippen molar-refractivity contribution in [1.82, 2.24) is 4.98 Å². The summed E-state index contributed by atoms with van der Waals surface area (Å²) in [5, 5.41) is 22.3. The monoisotopic (exact) mass is 307 g/mol. The van der Waals surface area contributed by atoms with E-state index in [9.17, 15) is 15.2 Å². The summed E-state index contributed by atoms with van der Waals surface area (Å²) < 4.78 is 0. The average Bonchev–Trinajstić information content (AvgIpc) is 2.55. The third-order valence-corrected chi connectivity index (χ3v) is 3.45. The van der Waals surface area contributed by atoms with Crippen molar-refractivity contribution >= 4 is 28.5 Å². The zero-order chi connectivity index (χ0) is 16.4. The van der Waals surface area contributed by atoms with E-state index < -0.39 is 4.92 Å². The highest BCUT2D eigenvalue weighted by Gasteiger charge is 2.10. The number of rotatable bonds is 3. The highest BCUT2D eigenvalue weighted by Crippen LogP contribution is 2.29. The molecule has 23 heavy (non-hydrogen) atoms. The van der Waals surface area contributed by atoms with E-state index in [4.69, 9.17) is 0 Å². The molecule has 0 saturated carbocycles. The maximum absolute atomic E-state index is 10.9. The molecule has 0 aliphatic heterocycles. The van der Waals surface area contributed by atoms with E-state index in [1.165, 1.54) is 24.4 Å². The van der Waals surface area contributed by atoms with E-state index in [2.05, 4.69) is 9.98 Å². The Morgan fingerprint density at radius 2 is 2.04 bits per heavy atom. The minimum atomic E-state index is -0.448. The molecule has 6 nitrogen and oxygen atoms in total. The van der Waals surface area contributed by atoms with E-state index in [1.54, 1.807) is 24.4 Å². The van der Waals surface area contributed by atoms with Crippen LogP contribution in [0, 0.1) is 17.0 Å². The summed E-state index contributed by atoms with van der Waals surface area (Å²) in [5.41, 5.74) is 1.54. The van der Waals surface area contributed by atoms with Crippen LogP contribution in [0.5, 0.6) is 5.75 Å². The molecule has 1 aromatic heterocycles. The van der Waals surface area contributed by atoms with Crippen LogP contribution in [0.4, 0.5) is 11.5 Å². The normalized spacial score (nSPS) is 11.2. The topological polar surface area (TPSA) is 88.6 Å². The smallest absolute Gasteiger partial charge is 0.270 e. The van der Waals surface area contributed by atoms with Crippen LogP contribution in [-0.4, -0.2) is 21.2 Å². The second-order valence-electron chi connectivity index (χ2n) is 5.11. The molecule has 0 amide bonds. The number of nitro benzene ring substituents is 1. The minimum absolute atomic E-state index is 0.00581. The fourth-order valence-electron chi connectivity index (χ4n) is 2.25. The van der Waals surface area contributed by atoms with Gasteiger partial charge < -0.3 is 5.11 Å². The molecule has 0 bridgehead atoms. The number of aromatic hydroxyl groups is 1. The number of pyridine rings is 1. The summed E-state index contributed by atoms with van der Waals surface area (Å²) in [6.07, 6.45) is 3.22. The standard InChI is InChI=1S/C17H13N3O3/c1-11-2-7-17(18-9-11)19-10-15-14-5-4-13(20(22)23)8-12(14)3-6-16(15)21/h2-10,21H,1H3. The zero-order valence-electron chi connectivity index (χ0n) is 12.3. The number of non-ortho nitro benzene ring substituents is 1. The van der Waals surface area contributed by atoms with Gasteiger partial charge in [-0.1, -0.05) is 12.1 Å². The number of nitro groups is 1. The van der Waals surface area contributed by atoms with Crippen molar-refractivity contribution < 1.29 is 10.0 Å². The third-order valence-electron chi connectivity index (χ3n) is 3.45. The number of hydrogen-bond donors (Lipinski definition) is 1. The van der Waals surface area contributed by atoms with Gasteiger partial charge in [-0.05, 0) is 41.5 Å². The Morgan fingerprint density at radius 3 is 2.74 bits per heavy atom. The van der Waals surface area contributed by atoms with Crippen LogP contribution in [-0.2, 0) is 0 Å². The van der Waals surface area contributed by atoms with Gasteiger partial charge in [0.25, 0.3) is 5.69 Å².